The summed E-state index contributed by atoms with van der Waals surface area (Å²) in [6.45, 7) is 2.10. The number of fused-ring (bicyclic) bond motifs is 1. The predicted octanol–water partition coefficient (Wildman–Crippen LogP) is 0.227. The average Bonchev–Trinajstić information content (AvgIpc) is 3.23. The van der Waals surface area contributed by atoms with Gasteiger partial charge >= 0.3 is 0 Å². The molecule has 1 aromatic heterocycles. The third kappa shape index (κ3) is 2.98. The van der Waals surface area contributed by atoms with Gasteiger partial charge in [-0.1, -0.05) is 0 Å². The van der Waals surface area contributed by atoms with Crippen molar-refractivity contribution in [1.82, 2.24) is 15.4 Å². The summed E-state index contributed by atoms with van der Waals surface area (Å²) in [5.41, 5.74) is -0.516. The molecule has 8 nitrogen and oxygen atoms in total. The van der Waals surface area contributed by atoms with Crippen LogP contribution < -0.4 is 10.1 Å². The van der Waals surface area contributed by atoms with Crippen LogP contribution in [-0.4, -0.2) is 62.3 Å². The standard InChI is InChI=1S/C16H23N3O5/c1-17-15(21)16-5-6-23-9-11(16)8-19(10-16)14(20)4-3-12-7-13(22-2)18-24-12/h7,11H,3-6,8-10H2,1-2H3,(H,17,21)/t11-,16+/m1/s1. The number of nitrogens with zero attached hydrogens (tertiary/aromatic N) is 2. The van der Waals surface area contributed by atoms with E-state index < -0.39 is 5.41 Å². The third-order valence-corrected chi connectivity index (χ3v) is 5.07. The van der Waals surface area contributed by atoms with E-state index in [1.807, 2.05) is 0 Å². The highest BCUT2D eigenvalue weighted by Crippen LogP contribution is 2.42. The molecule has 2 aliphatic rings. The van der Waals surface area contributed by atoms with Crippen LogP contribution in [0.2, 0.25) is 0 Å². The lowest BCUT2D eigenvalue weighted by Crippen LogP contribution is -2.49. The molecule has 2 aliphatic heterocycles. The Balaban J connectivity index is 1.62. The van der Waals surface area contributed by atoms with Crippen molar-refractivity contribution in [2.45, 2.75) is 19.3 Å². The summed E-state index contributed by atoms with van der Waals surface area (Å²) in [5, 5.41) is 6.48. The van der Waals surface area contributed by atoms with E-state index in [1.165, 1.54) is 7.11 Å². The first-order chi connectivity index (χ1) is 11.6. The van der Waals surface area contributed by atoms with Gasteiger partial charge in [-0.05, 0) is 11.6 Å². The zero-order chi connectivity index (χ0) is 17.2. The van der Waals surface area contributed by atoms with E-state index in [-0.39, 0.29) is 17.7 Å². The van der Waals surface area contributed by atoms with E-state index >= 15 is 0 Å². The van der Waals surface area contributed by atoms with E-state index in [9.17, 15) is 9.59 Å². The van der Waals surface area contributed by atoms with Crippen molar-refractivity contribution in [2.75, 3.05) is 40.5 Å². The van der Waals surface area contributed by atoms with Gasteiger partial charge in [0.2, 0.25) is 11.8 Å². The highest BCUT2D eigenvalue weighted by atomic mass is 16.5. The van der Waals surface area contributed by atoms with E-state index in [1.54, 1.807) is 18.0 Å². The largest absolute Gasteiger partial charge is 0.479 e. The molecule has 2 atom stereocenters. The van der Waals surface area contributed by atoms with Gasteiger partial charge in [-0.15, -0.1) is 0 Å². The Morgan fingerprint density at radius 2 is 2.38 bits per heavy atom. The Morgan fingerprint density at radius 3 is 3.08 bits per heavy atom. The first-order valence-electron chi connectivity index (χ1n) is 8.16. The lowest BCUT2D eigenvalue weighted by Gasteiger charge is -2.36. The summed E-state index contributed by atoms with van der Waals surface area (Å²) in [5.74, 6) is 1.09. The molecule has 2 saturated heterocycles. The van der Waals surface area contributed by atoms with Gasteiger partial charge in [0, 0.05) is 51.6 Å². The topological polar surface area (TPSA) is 93.9 Å². The monoisotopic (exact) mass is 337 g/mol. The molecule has 8 heteroatoms. The quantitative estimate of drug-likeness (QED) is 0.826. The minimum atomic E-state index is -0.516. The van der Waals surface area contributed by atoms with Gasteiger partial charge in [0.1, 0.15) is 5.76 Å². The molecule has 0 radical (unpaired) electrons. The molecule has 3 rings (SSSR count). The van der Waals surface area contributed by atoms with Crippen molar-refractivity contribution in [1.29, 1.82) is 0 Å². The number of amides is 2. The second-order valence-electron chi connectivity index (χ2n) is 6.37. The molecule has 1 aromatic rings. The molecule has 0 bridgehead atoms. The smallest absolute Gasteiger partial charge is 0.254 e. The Labute approximate surface area is 140 Å². The number of carbonyl (C=O) groups excluding carboxylic acids is 2. The van der Waals surface area contributed by atoms with Gasteiger partial charge in [0.05, 0.1) is 19.1 Å². The number of nitrogens with one attached hydrogen (secondary N) is 1. The van der Waals surface area contributed by atoms with Gasteiger partial charge in [-0.25, -0.2) is 0 Å². The number of likely N-dealkylation sites (tertiary alicyclic amines) is 1. The van der Waals surface area contributed by atoms with Crippen molar-refractivity contribution < 1.29 is 23.6 Å². The highest BCUT2D eigenvalue weighted by Gasteiger charge is 2.54. The summed E-state index contributed by atoms with van der Waals surface area (Å²) in [6, 6.07) is 1.68. The van der Waals surface area contributed by atoms with Crippen LogP contribution in [0.25, 0.3) is 0 Å². The first-order valence-corrected chi connectivity index (χ1v) is 8.16. The van der Waals surface area contributed by atoms with Crippen LogP contribution in [0, 0.1) is 11.3 Å². The minimum absolute atomic E-state index is 0.00562. The maximum atomic E-state index is 12.6. The number of aromatic nitrogens is 1. The number of hydrogen-bond donors (Lipinski definition) is 1. The van der Waals surface area contributed by atoms with Crippen LogP contribution in [0.5, 0.6) is 5.88 Å². The van der Waals surface area contributed by atoms with Crippen molar-refractivity contribution in [3.63, 3.8) is 0 Å². The first kappa shape index (κ1) is 16.8. The normalized spacial score (nSPS) is 26.1. The third-order valence-electron chi connectivity index (χ3n) is 5.07. The van der Waals surface area contributed by atoms with Crippen LogP contribution in [0.3, 0.4) is 0 Å². The SMILES string of the molecule is CNC(=O)[C@]12CCOC[C@H]1CN(C(=O)CCc1cc(OC)no1)C2. The summed E-state index contributed by atoms with van der Waals surface area (Å²) >= 11 is 0. The van der Waals surface area contributed by atoms with Crippen LogP contribution in [-0.2, 0) is 20.7 Å². The zero-order valence-electron chi connectivity index (χ0n) is 14.0. The molecule has 0 aromatic carbocycles. The molecular weight excluding hydrogens is 314 g/mol. The number of rotatable bonds is 5. The van der Waals surface area contributed by atoms with Crippen LogP contribution >= 0.6 is 0 Å². The molecule has 0 aliphatic carbocycles. The van der Waals surface area contributed by atoms with E-state index in [0.717, 1.165) is 0 Å². The van der Waals surface area contributed by atoms with Crippen LogP contribution in [0.4, 0.5) is 0 Å². The molecule has 0 unspecified atom stereocenters. The van der Waals surface area contributed by atoms with E-state index in [0.29, 0.717) is 57.2 Å². The molecule has 2 fully saturated rings. The lowest BCUT2D eigenvalue weighted by atomic mass is 9.73. The van der Waals surface area contributed by atoms with Gasteiger partial charge < -0.3 is 24.2 Å². The average molecular weight is 337 g/mol. The van der Waals surface area contributed by atoms with Crippen LogP contribution in [0.15, 0.2) is 10.6 Å². The fourth-order valence-corrected chi connectivity index (χ4v) is 3.66. The summed E-state index contributed by atoms with van der Waals surface area (Å²) < 4.78 is 15.6. The Bertz CT molecular complexity index is 617. The number of methoxy groups -OCH3 is 1. The summed E-state index contributed by atoms with van der Waals surface area (Å²) in [7, 11) is 3.16. The second kappa shape index (κ2) is 6.80. The molecule has 132 valence electrons. The maximum Gasteiger partial charge on any atom is 0.254 e. The van der Waals surface area contributed by atoms with Gasteiger partial charge in [-0.3, -0.25) is 9.59 Å². The van der Waals surface area contributed by atoms with Gasteiger partial charge in [0.25, 0.3) is 5.88 Å². The lowest BCUT2D eigenvalue weighted by molar-refractivity contribution is -0.139. The Kier molecular flexibility index (Phi) is 4.75. The Hall–Kier alpha value is -2.09. The van der Waals surface area contributed by atoms with E-state index in [2.05, 4.69) is 10.5 Å². The molecule has 24 heavy (non-hydrogen) atoms. The highest BCUT2D eigenvalue weighted by molar-refractivity contribution is 5.85. The maximum absolute atomic E-state index is 12.6. The molecule has 0 saturated carbocycles. The Morgan fingerprint density at radius 1 is 1.54 bits per heavy atom. The number of carbonyl (C=O) groups is 2. The molecule has 2 amide bonds. The van der Waals surface area contributed by atoms with Crippen molar-refractivity contribution in [3.8, 4) is 5.88 Å². The number of ether oxygens (including phenoxy) is 2. The number of hydrogen-bond acceptors (Lipinski definition) is 6. The molecule has 0 spiro atoms. The second-order valence-corrected chi connectivity index (χ2v) is 6.37. The number of aryl methyl sites for hydroxylation is 1. The van der Waals surface area contributed by atoms with Crippen LogP contribution in [0.1, 0.15) is 18.6 Å². The van der Waals surface area contributed by atoms with Crippen molar-refractivity contribution >= 4 is 11.8 Å². The molecule has 3 heterocycles. The minimum Gasteiger partial charge on any atom is -0.479 e. The molecular formula is C16H23N3O5. The van der Waals surface area contributed by atoms with Crippen molar-refractivity contribution in [2.24, 2.45) is 11.3 Å². The predicted molar refractivity (Wildman–Crippen MR) is 83.4 cm³/mol. The zero-order valence-corrected chi connectivity index (χ0v) is 14.0. The fourth-order valence-electron chi connectivity index (χ4n) is 3.66. The summed E-state index contributed by atoms with van der Waals surface area (Å²) in [6.07, 6.45) is 1.43. The van der Waals surface area contributed by atoms with Gasteiger partial charge in [0.15, 0.2) is 0 Å². The van der Waals surface area contributed by atoms with Gasteiger partial charge in [-0.2, -0.15) is 0 Å². The van der Waals surface area contributed by atoms with Crippen molar-refractivity contribution in [3.05, 3.63) is 11.8 Å². The summed E-state index contributed by atoms with van der Waals surface area (Å²) in [4.78, 5) is 26.7. The fraction of sp³-hybridized carbons (Fsp3) is 0.688. The molecule has 1 N–H and O–H groups in total. The van der Waals surface area contributed by atoms with E-state index in [4.69, 9.17) is 14.0 Å².